The number of alkyl carbamates (subject to hydrolysis) is 1. The zero-order valence-electron chi connectivity index (χ0n) is 12.9. The fourth-order valence-corrected chi connectivity index (χ4v) is 1.69. The van der Waals surface area contributed by atoms with Crippen LogP contribution in [-0.2, 0) is 20.7 Å². The number of carbonyl (C=O) groups excluding carboxylic acids is 2. The van der Waals surface area contributed by atoms with Crippen molar-refractivity contribution in [2.24, 2.45) is 0 Å². The summed E-state index contributed by atoms with van der Waals surface area (Å²) in [5.41, 5.74) is 0.644. The van der Waals surface area contributed by atoms with Crippen molar-refractivity contribution in [1.29, 1.82) is 0 Å². The Morgan fingerprint density at radius 3 is 2.22 bits per heavy atom. The molecule has 0 saturated heterocycles. The summed E-state index contributed by atoms with van der Waals surface area (Å²) in [6, 6.07) is 5.09. The molecule has 126 valence electrons. The fourth-order valence-electron chi connectivity index (χ4n) is 1.69. The molecule has 23 heavy (non-hydrogen) atoms. The van der Waals surface area contributed by atoms with E-state index < -0.39 is 24.3 Å². The van der Waals surface area contributed by atoms with Crippen LogP contribution in [0.2, 0.25) is 0 Å². The number of carbonyl (C=O) groups is 3. The van der Waals surface area contributed by atoms with E-state index in [0.29, 0.717) is 5.56 Å². The van der Waals surface area contributed by atoms with Crippen LogP contribution in [-0.4, -0.2) is 42.6 Å². The van der Waals surface area contributed by atoms with Crippen LogP contribution >= 0.6 is 0 Å². The molecule has 2 N–H and O–H groups in total. The molecule has 0 unspecified atom stereocenters. The summed E-state index contributed by atoms with van der Waals surface area (Å²) in [7, 11) is 0. The molecule has 0 aliphatic rings. The van der Waals surface area contributed by atoms with Crippen molar-refractivity contribution in [2.75, 3.05) is 13.2 Å². The molecule has 1 aromatic carbocycles. The predicted octanol–water partition coefficient (Wildman–Crippen LogP) is 1.96. The molecule has 0 radical (unpaired) electrons. The molecule has 0 aromatic heterocycles. The van der Waals surface area contributed by atoms with Gasteiger partial charge in [-0.1, -0.05) is 12.1 Å². The summed E-state index contributed by atoms with van der Waals surface area (Å²) < 4.78 is 14.2. The van der Waals surface area contributed by atoms with Crippen LogP contribution in [0.25, 0.3) is 0 Å². The lowest BCUT2D eigenvalue weighted by Crippen LogP contribution is -2.42. The first-order valence-corrected chi connectivity index (χ1v) is 7.05. The highest BCUT2D eigenvalue weighted by molar-refractivity contribution is 5.80. The molecule has 0 heterocycles. The average molecular weight is 325 g/mol. The largest absolute Gasteiger partial charge is 0.513 e. The van der Waals surface area contributed by atoms with Gasteiger partial charge in [0.15, 0.2) is 0 Å². The van der Waals surface area contributed by atoms with Crippen molar-refractivity contribution in [3.05, 3.63) is 29.8 Å². The Hall–Kier alpha value is -2.77. The van der Waals surface area contributed by atoms with E-state index in [2.05, 4.69) is 14.8 Å². The van der Waals surface area contributed by atoms with E-state index in [4.69, 9.17) is 9.84 Å². The van der Waals surface area contributed by atoms with E-state index in [-0.39, 0.29) is 25.4 Å². The second-order valence-corrected chi connectivity index (χ2v) is 4.39. The topological polar surface area (TPSA) is 111 Å². The Morgan fingerprint density at radius 2 is 1.70 bits per heavy atom. The summed E-state index contributed by atoms with van der Waals surface area (Å²) in [6.07, 6.45) is -1.54. The quantitative estimate of drug-likeness (QED) is 0.582. The Balaban J connectivity index is 2.65. The summed E-state index contributed by atoms with van der Waals surface area (Å²) in [5.74, 6) is -0.901. The van der Waals surface area contributed by atoms with Gasteiger partial charge in [0.2, 0.25) is 0 Å². The van der Waals surface area contributed by atoms with Gasteiger partial charge in [0, 0.05) is 6.42 Å². The maximum absolute atomic E-state index is 11.3. The number of rotatable bonds is 7. The highest BCUT2D eigenvalue weighted by Crippen LogP contribution is 2.14. The van der Waals surface area contributed by atoms with Crippen LogP contribution in [0.5, 0.6) is 5.75 Å². The van der Waals surface area contributed by atoms with Crippen LogP contribution < -0.4 is 10.1 Å². The van der Waals surface area contributed by atoms with E-state index >= 15 is 0 Å². The smallest absolute Gasteiger partial charge is 0.480 e. The van der Waals surface area contributed by atoms with Gasteiger partial charge >= 0.3 is 18.2 Å². The summed E-state index contributed by atoms with van der Waals surface area (Å²) >= 11 is 0. The minimum atomic E-state index is -1.18. The van der Waals surface area contributed by atoms with E-state index in [1.807, 2.05) is 0 Å². The summed E-state index contributed by atoms with van der Waals surface area (Å²) in [6.45, 7) is 3.64. The van der Waals surface area contributed by atoms with E-state index in [1.165, 1.54) is 12.1 Å². The third kappa shape index (κ3) is 6.68. The number of hydrogen-bond acceptors (Lipinski definition) is 6. The Morgan fingerprint density at radius 1 is 1.09 bits per heavy atom. The molecule has 8 heteroatoms. The molecular formula is C15H19NO7. The summed E-state index contributed by atoms with van der Waals surface area (Å²) in [4.78, 5) is 33.7. The second kappa shape index (κ2) is 9.29. The van der Waals surface area contributed by atoms with Crippen molar-refractivity contribution in [3.8, 4) is 5.75 Å². The number of carboxylic acid groups (broad SMARTS) is 1. The van der Waals surface area contributed by atoms with Crippen molar-refractivity contribution in [3.63, 3.8) is 0 Å². The van der Waals surface area contributed by atoms with E-state index in [9.17, 15) is 14.4 Å². The molecule has 0 aliphatic heterocycles. The predicted molar refractivity (Wildman–Crippen MR) is 79.4 cm³/mol. The van der Waals surface area contributed by atoms with Crippen molar-refractivity contribution >= 4 is 18.2 Å². The number of carboxylic acids is 1. The van der Waals surface area contributed by atoms with Crippen LogP contribution in [0.15, 0.2) is 24.3 Å². The number of ether oxygens (including phenoxy) is 3. The number of nitrogens with one attached hydrogen (secondary N) is 1. The molecule has 0 fully saturated rings. The SMILES string of the molecule is CCOC(=O)N[C@@H](Cc1ccc(OC(=O)OCC)cc1)C(=O)O. The third-order valence-corrected chi connectivity index (χ3v) is 2.69. The van der Waals surface area contributed by atoms with Gasteiger partial charge in [-0.2, -0.15) is 0 Å². The van der Waals surface area contributed by atoms with Gasteiger partial charge in [-0.05, 0) is 31.5 Å². The monoisotopic (exact) mass is 325 g/mol. The highest BCUT2D eigenvalue weighted by atomic mass is 16.7. The normalized spacial score (nSPS) is 11.2. The standard InChI is InChI=1S/C15H19NO7/c1-3-21-14(19)16-12(13(17)18)9-10-5-7-11(8-6-10)23-15(20)22-4-2/h5-8,12H,3-4,9H2,1-2H3,(H,16,19)(H,17,18)/t12-/m0/s1. The van der Waals surface area contributed by atoms with Crippen molar-refractivity contribution in [1.82, 2.24) is 5.32 Å². The van der Waals surface area contributed by atoms with Gasteiger partial charge in [-0.3, -0.25) is 0 Å². The number of hydrogen-bond donors (Lipinski definition) is 2. The molecule has 1 aromatic rings. The van der Waals surface area contributed by atoms with Gasteiger partial charge in [0.1, 0.15) is 11.8 Å². The number of benzene rings is 1. The Bertz CT molecular complexity index is 541. The van der Waals surface area contributed by atoms with Crippen LogP contribution in [0.3, 0.4) is 0 Å². The Labute approximate surface area is 133 Å². The molecule has 0 saturated carbocycles. The maximum atomic E-state index is 11.3. The molecule has 1 atom stereocenters. The molecule has 8 nitrogen and oxygen atoms in total. The fraction of sp³-hybridized carbons (Fsp3) is 0.400. The molecule has 0 spiro atoms. The van der Waals surface area contributed by atoms with Crippen LogP contribution in [0, 0.1) is 0 Å². The average Bonchev–Trinajstić information content (AvgIpc) is 2.49. The minimum absolute atomic E-state index is 0.0633. The highest BCUT2D eigenvalue weighted by Gasteiger charge is 2.21. The molecule has 1 rings (SSSR count). The lowest BCUT2D eigenvalue weighted by molar-refractivity contribution is -0.139. The van der Waals surface area contributed by atoms with Gasteiger partial charge < -0.3 is 24.6 Å². The first kappa shape index (κ1) is 18.3. The van der Waals surface area contributed by atoms with Gasteiger partial charge in [-0.15, -0.1) is 0 Å². The zero-order valence-corrected chi connectivity index (χ0v) is 12.9. The van der Waals surface area contributed by atoms with Gasteiger partial charge in [-0.25, -0.2) is 14.4 Å². The summed E-state index contributed by atoms with van der Waals surface area (Å²) in [5, 5.41) is 11.4. The van der Waals surface area contributed by atoms with Crippen molar-refractivity contribution in [2.45, 2.75) is 26.3 Å². The minimum Gasteiger partial charge on any atom is -0.480 e. The van der Waals surface area contributed by atoms with E-state index in [1.54, 1.807) is 26.0 Å². The second-order valence-electron chi connectivity index (χ2n) is 4.39. The lowest BCUT2D eigenvalue weighted by atomic mass is 10.1. The number of amides is 1. The molecular weight excluding hydrogens is 306 g/mol. The van der Waals surface area contributed by atoms with E-state index in [0.717, 1.165) is 0 Å². The molecule has 0 aliphatic carbocycles. The molecule has 0 bridgehead atoms. The van der Waals surface area contributed by atoms with Gasteiger partial charge in [0.05, 0.1) is 13.2 Å². The van der Waals surface area contributed by atoms with Crippen LogP contribution in [0.4, 0.5) is 9.59 Å². The molecule has 1 amide bonds. The first-order chi connectivity index (χ1) is 11.0. The third-order valence-electron chi connectivity index (χ3n) is 2.69. The lowest BCUT2D eigenvalue weighted by Gasteiger charge is -2.14. The van der Waals surface area contributed by atoms with Crippen molar-refractivity contribution < 1.29 is 33.7 Å². The number of aliphatic carboxylic acids is 1. The Kier molecular flexibility index (Phi) is 7.38. The van der Waals surface area contributed by atoms with Crippen LogP contribution in [0.1, 0.15) is 19.4 Å². The maximum Gasteiger partial charge on any atom is 0.513 e. The first-order valence-electron chi connectivity index (χ1n) is 7.05. The van der Waals surface area contributed by atoms with Gasteiger partial charge in [0.25, 0.3) is 0 Å². The zero-order chi connectivity index (χ0) is 17.2.